The van der Waals surface area contributed by atoms with Crippen molar-refractivity contribution in [2.45, 2.75) is 6.92 Å². The molecule has 0 aliphatic rings. The zero-order chi connectivity index (χ0) is 17.7. The number of amidine groups is 1. The fourth-order valence-electron chi connectivity index (χ4n) is 1.89. The summed E-state index contributed by atoms with van der Waals surface area (Å²) in [5.41, 5.74) is 8.49. The summed E-state index contributed by atoms with van der Waals surface area (Å²) in [4.78, 5) is 12.0. The molecule has 0 atom stereocenters. The average Bonchev–Trinajstić information content (AvgIpc) is 2.55. The summed E-state index contributed by atoms with van der Waals surface area (Å²) >= 11 is 0.810. The van der Waals surface area contributed by atoms with Crippen LogP contribution < -0.4 is 5.01 Å². The van der Waals surface area contributed by atoms with E-state index in [0.29, 0.717) is 11.8 Å². The summed E-state index contributed by atoms with van der Waals surface area (Å²) in [5, 5.41) is 12.1. The van der Waals surface area contributed by atoms with Gasteiger partial charge in [-0.25, -0.2) is 8.78 Å². The second-order valence-electron chi connectivity index (χ2n) is 4.89. The normalized spacial score (nSPS) is 10.3. The average molecular weight is 348 g/mol. The molecule has 0 aromatic heterocycles. The Morgan fingerprint density at radius 1 is 1.21 bits per heavy atom. The second-order valence-corrected chi connectivity index (χ2v) is 5.85. The number of aryl methyl sites for hydroxylation is 1. The van der Waals surface area contributed by atoms with Gasteiger partial charge in [-0.3, -0.25) is 10.2 Å². The van der Waals surface area contributed by atoms with E-state index >= 15 is 0 Å². The monoisotopic (exact) mass is 348 g/mol. The van der Waals surface area contributed by atoms with Gasteiger partial charge in [-0.05, 0) is 31.2 Å². The Bertz CT molecular complexity index is 780. The number of hydrogen-bond acceptors (Lipinski definition) is 5. The first kappa shape index (κ1) is 17.7. The lowest BCUT2D eigenvalue weighted by Gasteiger charge is -2.17. The number of benzene rings is 2. The minimum atomic E-state index is -0.937. The summed E-state index contributed by atoms with van der Waals surface area (Å²) in [5.74, 6) is -2.49. The van der Waals surface area contributed by atoms with Gasteiger partial charge in [0.2, 0.25) is 0 Å². The Morgan fingerprint density at radius 2 is 1.88 bits per heavy atom. The van der Waals surface area contributed by atoms with E-state index < -0.39 is 17.4 Å². The van der Waals surface area contributed by atoms with E-state index in [9.17, 15) is 13.6 Å². The van der Waals surface area contributed by atoms with Crippen LogP contribution >= 0.6 is 11.8 Å². The molecule has 8 heteroatoms. The summed E-state index contributed by atoms with van der Waals surface area (Å²) in [6.07, 6.45) is 0. The number of rotatable bonds is 5. The van der Waals surface area contributed by atoms with Crippen molar-refractivity contribution in [2.24, 2.45) is 5.22 Å². The van der Waals surface area contributed by atoms with E-state index in [1.54, 1.807) is 12.1 Å². The van der Waals surface area contributed by atoms with E-state index in [-0.39, 0.29) is 16.5 Å². The van der Waals surface area contributed by atoms with E-state index in [2.05, 4.69) is 5.22 Å². The summed E-state index contributed by atoms with van der Waals surface area (Å²) in [6, 6.07) is 9.73. The number of ketones is 1. The van der Waals surface area contributed by atoms with Crippen LogP contribution in [0.3, 0.4) is 0 Å². The van der Waals surface area contributed by atoms with Crippen LogP contribution in [-0.4, -0.2) is 16.7 Å². The van der Waals surface area contributed by atoms with Crippen molar-refractivity contribution in [3.8, 4) is 0 Å². The van der Waals surface area contributed by atoms with Crippen molar-refractivity contribution in [3.63, 3.8) is 0 Å². The van der Waals surface area contributed by atoms with Gasteiger partial charge in [0, 0.05) is 6.07 Å². The SMILES string of the molecule is Cc1ccc(N(N=N)C(=N)SCC(=O)c2ccc(F)cc2F)cc1. The van der Waals surface area contributed by atoms with E-state index in [0.717, 1.165) is 34.5 Å². The van der Waals surface area contributed by atoms with Crippen LogP contribution in [0.15, 0.2) is 47.7 Å². The van der Waals surface area contributed by atoms with Gasteiger partial charge >= 0.3 is 0 Å². The highest BCUT2D eigenvalue weighted by molar-refractivity contribution is 8.14. The topological polar surface area (TPSA) is 80.4 Å². The Morgan fingerprint density at radius 3 is 2.46 bits per heavy atom. The fraction of sp³-hybridized carbons (Fsp3) is 0.125. The highest BCUT2D eigenvalue weighted by Gasteiger charge is 2.17. The van der Waals surface area contributed by atoms with Gasteiger partial charge in [-0.1, -0.05) is 34.7 Å². The lowest BCUT2D eigenvalue weighted by Crippen LogP contribution is -2.22. The molecule has 0 saturated heterocycles. The second kappa shape index (κ2) is 7.78. The molecule has 0 aliphatic heterocycles. The Hall–Kier alpha value is -2.61. The van der Waals surface area contributed by atoms with Crippen molar-refractivity contribution in [2.75, 3.05) is 10.8 Å². The van der Waals surface area contributed by atoms with Crippen LogP contribution in [-0.2, 0) is 0 Å². The van der Waals surface area contributed by atoms with Crippen molar-refractivity contribution in [1.29, 1.82) is 10.9 Å². The van der Waals surface area contributed by atoms with Crippen molar-refractivity contribution >= 4 is 28.4 Å². The maximum Gasteiger partial charge on any atom is 0.183 e. The third-order valence-corrected chi connectivity index (χ3v) is 4.00. The molecule has 0 heterocycles. The van der Waals surface area contributed by atoms with Crippen LogP contribution in [0.4, 0.5) is 14.5 Å². The number of nitrogens with one attached hydrogen (secondary N) is 2. The highest BCUT2D eigenvalue weighted by Crippen LogP contribution is 2.21. The minimum Gasteiger partial charge on any atom is -0.293 e. The summed E-state index contributed by atoms with van der Waals surface area (Å²) < 4.78 is 26.4. The molecule has 0 radical (unpaired) electrons. The smallest absolute Gasteiger partial charge is 0.183 e. The van der Waals surface area contributed by atoms with Crippen LogP contribution in [0.2, 0.25) is 0 Å². The Kier molecular flexibility index (Phi) is 5.75. The molecular formula is C16H14F2N4OS. The molecule has 0 bridgehead atoms. The maximum atomic E-state index is 13.6. The van der Waals surface area contributed by atoms with Gasteiger partial charge in [0.1, 0.15) is 11.6 Å². The van der Waals surface area contributed by atoms with Gasteiger partial charge in [-0.15, -0.1) is 0 Å². The summed E-state index contributed by atoms with van der Waals surface area (Å²) in [7, 11) is 0. The molecular weight excluding hydrogens is 334 g/mol. The zero-order valence-electron chi connectivity index (χ0n) is 12.7. The highest BCUT2D eigenvalue weighted by atomic mass is 32.2. The summed E-state index contributed by atoms with van der Waals surface area (Å²) in [6.45, 7) is 1.90. The van der Waals surface area contributed by atoms with Crippen molar-refractivity contribution in [1.82, 2.24) is 0 Å². The largest absolute Gasteiger partial charge is 0.293 e. The third kappa shape index (κ3) is 4.23. The van der Waals surface area contributed by atoms with Crippen LogP contribution in [0.25, 0.3) is 0 Å². The number of nitrogens with zero attached hydrogens (tertiary/aromatic N) is 2. The predicted molar refractivity (Wildman–Crippen MR) is 89.7 cm³/mol. The van der Waals surface area contributed by atoms with Crippen LogP contribution in [0.5, 0.6) is 0 Å². The van der Waals surface area contributed by atoms with Crippen molar-refractivity contribution < 1.29 is 13.6 Å². The standard InChI is InChI=1S/C16H14F2N4OS/c1-10-2-5-12(6-3-10)22(21-20)16(19)24-9-15(23)13-7-4-11(17)8-14(13)18/h2-8,19-20H,9H2,1H3. The molecule has 0 aliphatic carbocycles. The van der Waals surface area contributed by atoms with Crippen LogP contribution in [0, 0.1) is 29.5 Å². The molecule has 5 nitrogen and oxygen atoms in total. The van der Waals surface area contributed by atoms with E-state index in [4.69, 9.17) is 10.9 Å². The first-order valence-electron chi connectivity index (χ1n) is 6.86. The molecule has 2 rings (SSSR count). The number of halogens is 2. The van der Waals surface area contributed by atoms with Gasteiger partial charge in [0.05, 0.1) is 17.0 Å². The molecule has 2 aromatic rings. The number of carbonyl (C=O) groups is 1. The molecule has 2 aromatic carbocycles. The first-order valence-corrected chi connectivity index (χ1v) is 7.84. The van der Waals surface area contributed by atoms with E-state index in [1.165, 1.54) is 0 Å². The third-order valence-electron chi connectivity index (χ3n) is 3.14. The van der Waals surface area contributed by atoms with Gasteiger partial charge in [0.25, 0.3) is 0 Å². The quantitative estimate of drug-likeness (QED) is 0.273. The molecule has 124 valence electrons. The van der Waals surface area contributed by atoms with E-state index in [1.807, 2.05) is 19.1 Å². The maximum absolute atomic E-state index is 13.6. The Labute approximate surface area is 141 Å². The lowest BCUT2D eigenvalue weighted by molar-refractivity contribution is 0.101. The lowest BCUT2D eigenvalue weighted by atomic mass is 10.1. The van der Waals surface area contributed by atoms with Crippen molar-refractivity contribution in [3.05, 3.63) is 65.2 Å². The minimum absolute atomic E-state index is 0.148. The molecule has 24 heavy (non-hydrogen) atoms. The number of Topliss-reactive ketones (excluding diaryl/α,β-unsaturated/α-hetero) is 1. The zero-order valence-corrected chi connectivity index (χ0v) is 13.5. The molecule has 2 N–H and O–H groups in total. The Balaban J connectivity index is 2.04. The number of carbonyl (C=O) groups excluding carboxylic acids is 1. The fourth-order valence-corrected chi connectivity index (χ4v) is 2.59. The van der Waals surface area contributed by atoms with Gasteiger partial charge < -0.3 is 0 Å². The number of hydrogen-bond donors (Lipinski definition) is 2. The molecule has 0 saturated carbocycles. The first-order chi connectivity index (χ1) is 11.4. The predicted octanol–water partition coefficient (Wildman–Crippen LogP) is 4.58. The number of anilines is 1. The number of thioether (sulfide) groups is 1. The van der Waals surface area contributed by atoms with Gasteiger partial charge in [-0.2, -0.15) is 10.5 Å². The molecule has 0 amide bonds. The molecule has 0 fully saturated rings. The molecule has 0 unspecified atom stereocenters. The molecule has 0 spiro atoms. The van der Waals surface area contributed by atoms with Crippen LogP contribution in [0.1, 0.15) is 15.9 Å². The van der Waals surface area contributed by atoms with Gasteiger partial charge in [0.15, 0.2) is 11.0 Å².